The Morgan fingerprint density at radius 2 is 2.13 bits per heavy atom. The lowest BCUT2D eigenvalue weighted by molar-refractivity contribution is 0.0696. The summed E-state index contributed by atoms with van der Waals surface area (Å²) in [5.74, 6) is -0.541. The number of hydrogen-bond donors (Lipinski definition) is 1. The van der Waals surface area contributed by atoms with E-state index in [9.17, 15) is 4.79 Å². The molecule has 3 nitrogen and oxygen atoms in total. The van der Waals surface area contributed by atoms with E-state index in [1.165, 1.54) is 12.8 Å². The standard InChI is InChI=1S/C11H12ClNO2/c12-10-9(11(14)15)5-8(6-13-10)7-3-1-2-4-7/h5-7H,1-4H2,(H,14,15). The fourth-order valence-electron chi connectivity index (χ4n) is 2.10. The Bertz CT molecular complexity index is 386. The van der Waals surface area contributed by atoms with Gasteiger partial charge in [-0.15, -0.1) is 0 Å². The smallest absolute Gasteiger partial charge is 0.338 e. The first kappa shape index (κ1) is 10.4. The van der Waals surface area contributed by atoms with Crippen molar-refractivity contribution >= 4 is 17.6 Å². The summed E-state index contributed by atoms with van der Waals surface area (Å²) >= 11 is 5.71. The van der Waals surface area contributed by atoms with Crippen LogP contribution in [-0.2, 0) is 0 Å². The van der Waals surface area contributed by atoms with Crippen molar-refractivity contribution in [2.75, 3.05) is 0 Å². The normalized spacial score (nSPS) is 16.9. The highest BCUT2D eigenvalue weighted by Gasteiger charge is 2.20. The third-order valence-corrected chi connectivity index (χ3v) is 3.22. The van der Waals surface area contributed by atoms with Gasteiger partial charge in [-0.1, -0.05) is 24.4 Å². The Morgan fingerprint density at radius 3 is 2.73 bits per heavy atom. The molecule has 0 unspecified atom stereocenters. The summed E-state index contributed by atoms with van der Waals surface area (Å²) in [4.78, 5) is 14.8. The highest BCUT2D eigenvalue weighted by Crippen LogP contribution is 2.34. The molecule has 4 heteroatoms. The number of carboxylic acid groups (broad SMARTS) is 1. The van der Waals surface area contributed by atoms with Crippen LogP contribution in [-0.4, -0.2) is 16.1 Å². The molecular weight excluding hydrogens is 214 g/mol. The van der Waals surface area contributed by atoms with Crippen LogP contribution in [0, 0.1) is 0 Å². The fraction of sp³-hybridized carbons (Fsp3) is 0.455. The van der Waals surface area contributed by atoms with Crippen LogP contribution < -0.4 is 0 Å². The predicted octanol–water partition coefficient (Wildman–Crippen LogP) is 3.09. The van der Waals surface area contributed by atoms with Crippen molar-refractivity contribution in [2.45, 2.75) is 31.6 Å². The van der Waals surface area contributed by atoms with E-state index < -0.39 is 5.97 Å². The Balaban J connectivity index is 2.33. The van der Waals surface area contributed by atoms with Crippen molar-refractivity contribution in [3.63, 3.8) is 0 Å². The third-order valence-electron chi connectivity index (χ3n) is 2.92. The zero-order chi connectivity index (χ0) is 10.8. The number of nitrogens with zero attached hydrogens (tertiary/aromatic N) is 1. The lowest BCUT2D eigenvalue weighted by Crippen LogP contribution is -2.02. The third kappa shape index (κ3) is 2.12. The molecule has 1 saturated carbocycles. The molecular formula is C11H12ClNO2. The Labute approximate surface area is 93.1 Å². The molecule has 0 saturated heterocycles. The van der Waals surface area contributed by atoms with E-state index in [0.29, 0.717) is 5.92 Å². The van der Waals surface area contributed by atoms with E-state index in [1.54, 1.807) is 12.3 Å². The molecule has 1 aromatic rings. The summed E-state index contributed by atoms with van der Waals surface area (Å²) in [5, 5.41) is 8.98. The highest BCUT2D eigenvalue weighted by atomic mass is 35.5. The molecule has 80 valence electrons. The number of halogens is 1. The average Bonchev–Trinajstić information content (AvgIpc) is 2.71. The monoisotopic (exact) mass is 225 g/mol. The number of carboxylic acids is 1. The molecule has 2 rings (SSSR count). The molecule has 0 atom stereocenters. The van der Waals surface area contributed by atoms with E-state index in [0.717, 1.165) is 18.4 Å². The van der Waals surface area contributed by atoms with Crippen molar-refractivity contribution in [1.82, 2.24) is 4.98 Å². The summed E-state index contributed by atoms with van der Waals surface area (Å²) in [6.07, 6.45) is 6.39. The molecule has 1 N–H and O–H groups in total. The summed E-state index contributed by atoms with van der Waals surface area (Å²) < 4.78 is 0. The van der Waals surface area contributed by atoms with Crippen LogP contribution in [0.3, 0.4) is 0 Å². The van der Waals surface area contributed by atoms with Gasteiger partial charge >= 0.3 is 5.97 Å². The van der Waals surface area contributed by atoms with E-state index in [4.69, 9.17) is 16.7 Å². The minimum absolute atomic E-state index is 0.0734. The molecule has 0 bridgehead atoms. The van der Waals surface area contributed by atoms with Gasteiger partial charge in [0.25, 0.3) is 0 Å². The van der Waals surface area contributed by atoms with Gasteiger partial charge in [0.2, 0.25) is 0 Å². The van der Waals surface area contributed by atoms with Gasteiger partial charge < -0.3 is 5.11 Å². The van der Waals surface area contributed by atoms with Crippen molar-refractivity contribution in [1.29, 1.82) is 0 Å². The molecule has 0 amide bonds. The van der Waals surface area contributed by atoms with Gasteiger partial charge in [0.1, 0.15) is 5.15 Å². The quantitative estimate of drug-likeness (QED) is 0.787. The second kappa shape index (κ2) is 4.19. The lowest BCUT2D eigenvalue weighted by Gasteiger charge is -2.09. The highest BCUT2D eigenvalue weighted by molar-refractivity contribution is 6.32. The molecule has 15 heavy (non-hydrogen) atoms. The first-order valence-electron chi connectivity index (χ1n) is 5.07. The van der Waals surface area contributed by atoms with Crippen molar-refractivity contribution in [3.8, 4) is 0 Å². The molecule has 1 aromatic heterocycles. The maximum absolute atomic E-state index is 10.9. The largest absolute Gasteiger partial charge is 0.478 e. The van der Waals surface area contributed by atoms with Crippen LogP contribution >= 0.6 is 11.6 Å². The van der Waals surface area contributed by atoms with Gasteiger partial charge in [-0.2, -0.15) is 0 Å². The number of pyridine rings is 1. The van der Waals surface area contributed by atoms with Gasteiger partial charge in [0.15, 0.2) is 0 Å². The van der Waals surface area contributed by atoms with Crippen molar-refractivity contribution in [2.24, 2.45) is 0 Å². The first-order valence-corrected chi connectivity index (χ1v) is 5.45. The Hall–Kier alpha value is -1.09. The van der Waals surface area contributed by atoms with E-state index in [1.807, 2.05) is 0 Å². The number of hydrogen-bond acceptors (Lipinski definition) is 2. The Morgan fingerprint density at radius 1 is 1.47 bits per heavy atom. The van der Waals surface area contributed by atoms with E-state index >= 15 is 0 Å². The van der Waals surface area contributed by atoms with Gasteiger partial charge in [0, 0.05) is 6.20 Å². The minimum atomic E-state index is -1.01. The number of carbonyl (C=O) groups is 1. The van der Waals surface area contributed by atoms with Gasteiger partial charge in [0.05, 0.1) is 5.56 Å². The summed E-state index contributed by atoms with van der Waals surface area (Å²) in [5.41, 5.74) is 1.12. The van der Waals surface area contributed by atoms with Gasteiger partial charge in [-0.3, -0.25) is 0 Å². The van der Waals surface area contributed by atoms with Crippen molar-refractivity contribution < 1.29 is 9.90 Å². The summed E-state index contributed by atoms with van der Waals surface area (Å²) in [6, 6.07) is 1.66. The minimum Gasteiger partial charge on any atom is -0.478 e. The van der Waals surface area contributed by atoms with Gasteiger partial charge in [-0.25, -0.2) is 9.78 Å². The van der Waals surface area contributed by atoms with Crippen LogP contribution in [0.5, 0.6) is 0 Å². The summed E-state index contributed by atoms with van der Waals surface area (Å²) in [6.45, 7) is 0. The maximum atomic E-state index is 10.9. The number of aromatic carboxylic acids is 1. The van der Waals surface area contributed by atoms with Crippen molar-refractivity contribution in [3.05, 3.63) is 28.5 Å². The van der Waals surface area contributed by atoms with Crippen LogP contribution in [0.15, 0.2) is 12.3 Å². The number of rotatable bonds is 2. The summed E-state index contributed by atoms with van der Waals surface area (Å²) in [7, 11) is 0. The molecule has 0 aliphatic heterocycles. The topological polar surface area (TPSA) is 50.2 Å². The fourth-order valence-corrected chi connectivity index (χ4v) is 2.28. The average molecular weight is 226 g/mol. The van der Waals surface area contributed by atoms with Gasteiger partial charge in [-0.05, 0) is 30.4 Å². The van der Waals surface area contributed by atoms with E-state index in [-0.39, 0.29) is 10.7 Å². The SMILES string of the molecule is O=C(O)c1cc(C2CCCC2)cnc1Cl. The number of aromatic nitrogens is 1. The zero-order valence-electron chi connectivity index (χ0n) is 8.24. The molecule has 1 fully saturated rings. The Kier molecular flexibility index (Phi) is 2.91. The van der Waals surface area contributed by atoms with Crippen LogP contribution in [0.25, 0.3) is 0 Å². The van der Waals surface area contributed by atoms with Crippen LogP contribution in [0.2, 0.25) is 5.15 Å². The maximum Gasteiger partial charge on any atom is 0.338 e. The molecule has 0 radical (unpaired) electrons. The van der Waals surface area contributed by atoms with Crippen LogP contribution in [0.1, 0.15) is 47.5 Å². The second-order valence-corrected chi connectivity index (χ2v) is 4.25. The molecule has 1 aliphatic carbocycles. The van der Waals surface area contributed by atoms with Crippen LogP contribution in [0.4, 0.5) is 0 Å². The molecule has 1 aliphatic rings. The molecule has 0 aromatic carbocycles. The second-order valence-electron chi connectivity index (χ2n) is 3.89. The first-order chi connectivity index (χ1) is 7.18. The molecule has 1 heterocycles. The van der Waals surface area contributed by atoms with E-state index in [2.05, 4.69) is 4.98 Å². The molecule has 0 spiro atoms. The predicted molar refractivity (Wildman–Crippen MR) is 57.4 cm³/mol. The lowest BCUT2D eigenvalue weighted by atomic mass is 9.98. The zero-order valence-corrected chi connectivity index (χ0v) is 9.00.